The van der Waals surface area contributed by atoms with Crippen LogP contribution in [0, 0.1) is 5.92 Å². The maximum Gasteiger partial charge on any atom is 0.407 e. The largest absolute Gasteiger partial charge is 0.445 e. The monoisotopic (exact) mass is 583 g/mol. The van der Waals surface area contributed by atoms with E-state index < -0.39 is 61.7 Å². The number of carbonyl (C=O) groups is 1. The number of aliphatic hydroxyl groups is 1. The zero-order chi connectivity index (χ0) is 26.9. The molecule has 0 aromatic heterocycles. The van der Waals surface area contributed by atoms with Crippen molar-refractivity contribution in [2.24, 2.45) is 5.92 Å². The number of amides is 1. The molecule has 6 atom stereocenters. The van der Waals surface area contributed by atoms with Gasteiger partial charge in [-0.15, -0.1) is 0 Å². The van der Waals surface area contributed by atoms with E-state index in [1.807, 2.05) is 30.3 Å². The first-order chi connectivity index (χ1) is 16.6. The third-order valence-electron chi connectivity index (χ3n) is 7.49. The fraction of sp³-hybridized carbons (Fsp3) is 0.708. The Morgan fingerprint density at radius 2 is 1.83 bits per heavy atom. The lowest BCUT2D eigenvalue weighted by Gasteiger charge is -2.51. The van der Waals surface area contributed by atoms with Gasteiger partial charge in [-0.1, -0.05) is 92.8 Å². The van der Waals surface area contributed by atoms with Gasteiger partial charge in [0, 0.05) is 5.56 Å². The standard InChI is InChI=1S/C24H36Cl3NO7Si/c1-14(2)23(3,4)36(5,6)35-21-17(28-22(30)32-13-24(25,26)27)18(29)19-16(33-21)12-31-20(34-19)15-10-8-7-9-11-15/h7-11,14,16-21,29H,12-13H2,1-6H3,(H,28,30)/t16-,17-,18-,19-,20-,21+/m1/s1. The van der Waals surface area contributed by atoms with Crippen molar-refractivity contribution in [1.82, 2.24) is 5.32 Å². The molecule has 0 aliphatic carbocycles. The Kier molecular flexibility index (Phi) is 9.67. The highest BCUT2D eigenvalue weighted by molar-refractivity contribution is 6.74. The lowest BCUT2D eigenvalue weighted by Crippen LogP contribution is -2.68. The SMILES string of the molecule is CC(C)C(C)(C)[Si](C)(C)O[C@@H]1O[C@@H]2CO[C@@H](c3ccccc3)O[C@H]2[C@H](O)[C@H]1NC(=O)OCC(Cl)(Cl)Cl. The number of ether oxygens (including phenoxy) is 4. The number of nitrogens with one attached hydrogen (secondary N) is 1. The lowest BCUT2D eigenvalue weighted by atomic mass is 9.96. The summed E-state index contributed by atoms with van der Waals surface area (Å²) in [6, 6.07) is 8.39. The fourth-order valence-electron chi connectivity index (χ4n) is 4.09. The van der Waals surface area contributed by atoms with Crippen LogP contribution >= 0.6 is 34.8 Å². The normalized spacial score (nSPS) is 29.5. The van der Waals surface area contributed by atoms with Crippen molar-refractivity contribution in [2.75, 3.05) is 13.2 Å². The molecule has 2 heterocycles. The van der Waals surface area contributed by atoms with Gasteiger partial charge in [-0.25, -0.2) is 4.79 Å². The van der Waals surface area contributed by atoms with E-state index in [0.717, 1.165) is 5.56 Å². The maximum absolute atomic E-state index is 12.6. The van der Waals surface area contributed by atoms with Crippen LogP contribution in [-0.2, 0) is 23.4 Å². The molecule has 2 aliphatic rings. The summed E-state index contributed by atoms with van der Waals surface area (Å²) in [6.07, 6.45) is -5.11. The van der Waals surface area contributed by atoms with Crippen molar-refractivity contribution in [3.05, 3.63) is 35.9 Å². The van der Waals surface area contributed by atoms with Crippen molar-refractivity contribution in [3.8, 4) is 0 Å². The molecule has 12 heteroatoms. The highest BCUT2D eigenvalue weighted by Gasteiger charge is 2.54. The van der Waals surface area contributed by atoms with Crippen LogP contribution in [0.15, 0.2) is 30.3 Å². The van der Waals surface area contributed by atoms with Gasteiger partial charge in [-0.05, 0) is 24.1 Å². The molecule has 1 aromatic rings. The van der Waals surface area contributed by atoms with E-state index in [-0.39, 0.29) is 11.6 Å². The Balaban J connectivity index is 1.83. The number of carbonyl (C=O) groups excluding carboxylic acids is 1. The second-order valence-corrected chi connectivity index (χ2v) is 17.6. The summed E-state index contributed by atoms with van der Waals surface area (Å²) in [7, 11) is -2.45. The molecular formula is C24H36Cl3NO7Si. The average Bonchev–Trinajstić information content (AvgIpc) is 2.79. The molecule has 0 bridgehead atoms. The highest BCUT2D eigenvalue weighted by atomic mass is 35.6. The highest BCUT2D eigenvalue weighted by Crippen LogP contribution is 2.46. The summed E-state index contributed by atoms with van der Waals surface area (Å²) in [5, 5.41) is 13.9. The number of halogens is 3. The zero-order valence-electron chi connectivity index (χ0n) is 21.4. The second kappa shape index (κ2) is 11.6. The molecule has 204 valence electrons. The van der Waals surface area contributed by atoms with Crippen LogP contribution in [0.1, 0.15) is 39.5 Å². The van der Waals surface area contributed by atoms with E-state index in [2.05, 4.69) is 46.1 Å². The van der Waals surface area contributed by atoms with Crippen molar-refractivity contribution in [3.63, 3.8) is 0 Å². The second-order valence-electron chi connectivity index (χ2n) is 10.6. The summed E-state index contributed by atoms with van der Waals surface area (Å²) in [5.74, 6) is 0.328. The molecule has 0 unspecified atom stereocenters. The predicted molar refractivity (Wildman–Crippen MR) is 141 cm³/mol. The quantitative estimate of drug-likeness (QED) is 0.331. The topological polar surface area (TPSA) is 95.5 Å². The Hall–Kier alpha value is -0.623. The third-order valence-corrected chi connectivity index (χ3v) is 12.3. The van der Waals surface area contributed by atoms with Gasteiger partial charge in [0.15, 0.2) is 20.9 Å². The van der Waals surface area contributed by atoms with Gasteiger partial charge in [0.05, 0.1) is 6.61 Å². The first-order valence-corrected chi connectivity index (χ1v) is 16.0. The van der Waals surface area contributed by atoms with Gasteiger partial charge < -0.3 is 33.8 Å². The smallest absolute Gasteiger partial charge is 0.407 e. The molecule has 2 saturated heterocycles. The fourth-order valence-corrected chi connectivity index (χ4v) is 6.73. The van der Waals surface area contributed by atoms with Gasteiger partial charge in [-0.3, -0.25) is 0 Å². The number of rotatable bonds is 7. The van der Waals surface area contributed by atoms with Crippen molar-refractivity contribution in [1.29, 1.82) is 0 Å². The molecule has 3 rings (SSSR count). The minimum absolute atomic E-state index is 0.142. The number of hydrogen-bond donors (Lipinski definition) is 2. The van der Waals surface area contributed by atoms with Crippen molar-refractivity contribution in [2.45, 2.75) is 86.6 Å². The van der Waals surface area contributed by atoms with Crippen LogP contribution in [0.3, 0.4) is 0 Å². The van der Waals surface area contributed by atoms with E-state index in [4.69, 9.17) is 58.2 Å². The molecule has 8 nitrogen and oxygen atoms in total. The Morgan fingerprint density at radius 1 is 1.19 bits per heavy atom. The molecule has 2 fully saturated rings. The molecule has 1 amide bonds. The summed E-state index contributed by atoms with van der Waals surface area (Å²) in [6.45, 7) is 12.5. The zero-order valence-corrected chi connectivity index (χ0v) is 24.6. The summed E-state index contributed by atoms with van der Waals surface area (Å²) in [4.78, 5) is 12.6. The number of fused-ring (bicyclic) bond motifs is 1. The average molecular weight is 585 g/mol. The first-order valence-electron chi connectivity index (χ1n) is 12.0. The van der Waals surface area contributed by atoms with Crippen LogP contribution in [0.25, 0.3) is 0 Å². The summed E-state index contributed by atoms with van der Waals surface area (Å²) in [5.41, 5.74) is 0.806. The number of hydrogen-bond acceptors (Lipinski definition) is 7. The third kappa shape index (κ3) is 7.06. The molecule has 0 radical (unpaired) electrons. The number of alkyl halides is 3. The Bertz CT molecular complexity index is 884. The molecule has 0 spiro atoms. The van der Waals surface area contributed by atoms with Crippen LogP contribution < -0.4 is 5.32 Å². The van der Waals surface area contributed by atoms with Gasteiger partial charge >= 0.3 is 6.09 Å². The summed E-state index contributed by atoms with van der Waals surface area (Å²) < 4.78 is 28.1. The van der Waals surface area contributed by atoms with E-state index in [0.29, 0.717) is 5.92 Å². The van der Waals surface area contributed by atoms with Crippen LogP contribution in [0.5, 0.6) is 0 Å². The lowest BCUT2D eigenvalue weighted by molar-refractivity contribution is -0.335. The molecule has 1 aromatic carbocycles. The number of alkyl carbamates (subject to hydrolysis) is 1. The molecule has 0 saturated carbocycles. The van der Waals surface area contributed by atoms with Crippen LogP contribution in [-0.4, -0.2) is 67.2 Å². The van der Waals surface area contributed by atoms with Crippen molar-refractivity contribution < 1.29 is 33.3 Å². The van der Waals surface area contributed by atoms with E-state index in [1.54, 1.807) is 0 Å². The summed E-state index contributed by atoms with van der Waals surface area (Å²) >= 11 is 17.1. The molecular weight excluding hydrogens is 549 g/mol. The molecule has 2 aliphatic heterocycles. The van der Waals surface area contributed by atoms with Crippen LogP contribution in [0.2, 0.25) is 18.1 Å². The Labute approximate surface area is 228 Å². The minimum atomic E-state index is -2.45. The predicted octanol–water partition coefficient (Wildman–Crippen LogP) is 5.31. The molecule has 2 N–H and O–H groups in total. The van der Waals surface area contributed by atoms with Gasteiger partial charge in [-0.2, -0.15) is 0 Å². The minimum Gasteiger partial charge on any atom is -0.445 e. The van der Waals surface area contributed by atoms with Crippen LogP contribution in [0.4, 0.5) is 4.79 Å². The number of aliphatic hydroxyl groups excluding tert-OH is 1. The maximum atomic E-state index is 12.6. The Morgan fingerprint density at radius 3 is 2.42 bits per heavy atom. The van der Waals surface area contributed by atoms with Gasteiger partial charge in [0.25, 0.3) is 0 Å². The van der Waals surface area contributed by atoms with Gasteiger partial charge in [0.2, 0.25) is 3.79 Å². The van der Waals surface area contributed by atoms with E-state index in [9.17, 15) is 9.90 Å². The molecule has 36 heavy (non-hydrogen) atoms. The number of benzene rings is 1. The van der Waals surface area contributed by atoms with Crippen molar-refractivity contribution >= 4 is 49.2 Å². The van der Waals surface area contributed by atoms with Gasteiger partial charge in [0.1, 0.15) is 31.0 Å². The first kappa shape index (κ1) is 29.9. The van der Waals surface area contributed by atoms with E-state index >= 15 is 0 Å². The van der Waals surface area contributed by atoms with E-state index in [1.165, 1.54) is 0 Å².